The zero-order chi connectivity index (χ0) is 12.4. The van der Waals surface area contributed by atoms with E-state index in [4.69, 9.17) is 10.0 Å². The number of carbonyl (C=O) groups excluding carboxylic acids is 1. The molecule has 1 aromatic carbocycles. The average Bonchev–Trinajstić information content (AvgIpc) is 2.75. The van der Waals surface area contributed by atoms with Crippen molar-refractivity contribution in [2.75, 3.05) is 13.1 Å². The van der Waals surface area contributed by atoms with Gasteiger partial charge in [-0.1, -0.05) is 12.1 Å². The van der Waals surface area contributed by atoms with Crippen LogP contribution in [0.3, 0.4) is 0 Å². The van der Waals surface area contributed by atoms with Gasteiger partial charge in [0.05, 0.1) is 6.10 Å². The first kappa shape index (κ1) is 12.1. The van der Waals surface area contributed by atoms with Gasteiger partial charge in [-0.25, -0.2) is 0 Å². The van der Waals surface area contributed by atoms with Crippen molar-refractivity contribution in [3.8, 4) is 0 Å². The van der Waals surface area contributed by atoms with Gasteiger partial charge in [0.1, 0.15) is 0 Å². The summed E-state index contributed by atoms with van der Waals surface area (Å²) in [5, 5.41) is 27.2. The number of carbonyl (C=O) groups is 1. The fourth-order valence-corrected chi connectivity index (χ4v) is 1.91. The van der Waals surface area contributed by atoms with Crippen molar-refractivity contribution in [1.29, 1.82) is 0 Å². The van der Waals surface area contributed by atoms with Gasteiger partial charge in [0, 0.05) is 18.7 Å². The molecule has 0 saturated carbocycles. The molecule has 0 aromatic heterocycles. The van der Waals surface area contributed by atoms with E-state index < -0.39 is 13.2 Å². The lowest BCUT2D eigenvalue weighted by Crippen LogP contribution is -2.32. The highest BCUT2D eigenvalue weighted by atomic mass is 16.4. The van der Waals surface area contributed by atoms with Crippen LogP contribution in [-0.4, -0.2) is 52.3 Å². The highest BCUT2D eigenvalue weighted by molar-refractivity contribution is 6.58. The van der Waals surface area contributed by atoms with Crippen LogP contribution in [-0.2, 0) is 0 Å². The molecule has 1 heterocycles. The maximum absolute atomic E-state index is 12.0. The molecule has 1 aromatic rings. The van der Waals surface area contributed by atoms with E-state index in [2.05, 4.69) is 0 Å². The molecule has 0 radical (unpaired) electrons. The fourth-order valence-electron chi connectivity index (χ4n) is 1.91. The number of nitrogens with zero attached hydrogens (tertiary/aromatic N) is 1. The van der Waals surface area contributed by atoms with Gasteiger partial charge in [-0.15, -0.1) is 0 Å². The summed E-state index contributed by atoms with van der Waals surface area (Å²) in [7, 11) is -1.52. The summed E-state index contributed by atoms with van der Waals surface area (Å²) in [6.07, 6.45) is 0.177. The lowest BCUT2D eigenvalue weighted by molar-refractivity contribution is 0.0765. The van der Waals surface area contributed by atoms with Crippen LogP contribution < -0.4 is 5.46 Å². The Morgan fingerprint density at radius 1 is 1.29 bits per heavy atom. The number of hydrogen-bond donors (Lipinski definition) is 3. The number of β-amino-alcohol motifs (C(OH)–C–C–N with tert-alkyl or cyclic N) is 1. The third kappa shape index (κ3) is 2.66. The molecule has 3 N–H and O–H groups in total. The third-order valence-corrected chi connectivity index (χ3v) is 2.91. The van der Waals surface area contributed by atoms with E-state index in [0.717, 1.165) is 0 Å². The molecule has 0 spiro atoms. The highest BCUT2D eigenvalue weighted by Gasteiger charge is 2.25. The van der Waals surface area contributed by atoms with Crippen LogP contribution in [0, 0.1) is 0 Å². The van der Waals surface area contributed by atoms with Crippen molar-refractivity contribution in [3.63, 3.8) is 0 Å². The second kappa shape index (κ2) is 4.87. The Morgan fingerprint density at radius 3 is 2.41 bits per heavy atom. The highest BCUT2D eigenvalue weighted by Crippen LogP contribution is 2.12. The minimum absolute atomic E-state index is 0.138. The number of amides is 1. The van der Waals surface area contributed by atoms with Gasteiger partial charge >= 0.3 is 7.12 Å². The summed E-state index contributed by atoms with van der Waals surface area (Å²) >= 11 is 0. The van der Waals surface area contributed by atoms with Crippen molar-refractivity contribution >= 4 is 18.5 Å². The standard InChI is InChI=1S/C11H14BNO4/c14-10-5-6-13(7-10)11(15)8-1-3-9(4-2-8)12(16)17/h1-4,10,14,16-17H,5-7H2. The quantitative estimate of drug-likeness (QED) is 0.549. The van der Waals surface area contributed by atoms with Gasteiger partial charge in [-0.3, -0.25) is 4.79 Å². The van der Waals surface area contributed by atoms with Gasteiger partial charge < -0.3 is 20.1 Å². The summed E-state index contributed by atoms with van der Waals surface area (Å²) in [6, 6.07) is 6.12. The Labute approximate surface area is 99.4 Å². The second-order valence-corrected chi connectivity index (χ2v) is 4.19. The van der Waals surface area contributed by atoms with Gasteiger partial charge in [0.25, 0.3) is 5.91 Å². The van der Waals surface area contributed by atoms with Crippen LogP contribution in [0.4, 0.5) is 0 Å². The van der Waals surface area contributed by atoms with Crippen molar-refractivity contribution in [2.24, 2.45) is 0 Å². The topological polar surface area (TPSA) is 81.0 Å². The van der Waals surface area contributed by atoms with Crippen LogP contribution in [0.25, 0.3) is 0 Å². The van der Waals surface area contributed by atoms with Crippen molar-refractivity contribution in [3.05, 3.63) is 29.8 Å². The van der Waals surface area contributed by atoms with Gasteiger partial charge in [0.15, 0.2) is 0 Å². The Kier molecular flexibility index (Phi) is 3.47. The Balaban J connectivity index is 2.09. The molecule has 1 saturated heterocycles. The third-order valence-electron chi connectivity index (χ3n) is 2.91. The molecular formula is C11H14BNO4. The monoisotopic (exact) mass is 235 g/mol. The lowest BCUT2D eigenvalue weighted by atomic mass is 9.80. The van der Waals surface area contributed by atoms with E-state index in [9.17, 15) is 9.90 Å². The first-order chi connectivity index (χ1) is 8.08. The Hall–Kier alpha value is -1.37. The number of benzene rings is 1. The molecule has 0 aliphatic carbocycles. The SMILES string of the molecule is O=C(c1ccc(B(O)O)cc1)N1CCC(O)C1. The maximum atomic E-state index is 12.0. The average molecular weight is 235 g/mol. The molecule has 90 valence electrons. The number of aliphatic hydroxyl groups excluding tert-OH is 1. The van der Waals surface area contributed by atoms with E-state index >= 15 is 0 Å². The van der Waals surface area contributed by atoms with Crippen LogP contribution in [0.1, 0.15) is 16.8 Å². The molecule has 2 rings (SSSR count). The predicted molar refractivity (Wildman–Crippen MR) is 62.8 cm³/mol. The summed E-state index contributed by atoms with van der Waals surface area (Å²) in [4.78, 5) is 13.6. The summed E-state index contributed by atoms with van der Waals surface area (Å²) in [6.45, 7) is 0.924. The molecule has 1 unspecified atom stereocenters. The smallest absolute Gasteiger partial charge is 0.423 e. The van der Waals surface area contributed by atoms with Crippen LogP contribution in [0.15, 0.2) is 24.3 Å². The molecule has 1 amide bonds. The zero-order valence-corrected chi connectivity index (χ0v) is 9.28. The van der Waals surface area contributed by atoms with E-state index in [1.807, 2.05) is 0 Å². The summed E-state index contributed by atoms with van der Waals surface area (Å²) < 4.78 is 0. The van der Waals surface area contributed by atoms with Crippen LogP contribution >= 0.6 is 0 Å². The van der Waals surface area contributed by atoms with Crippen LogP contribution in [0.5, 0.6) is 0 Å². The molecule has 6 heteroatoms. The summed E-state index contributed by atoms with van der Waals surface area (Å²) in [5.41, 5.74) is 0.839. The fraction of sp³-hybridized carbons (Fsp3) is 0.364. The molecule has 1 aliphatic rings. The largest absolute Gasteiger partial charge is 0.488 e. The van der Waals surface area contributed by atoms with Crippen molar-refractivity contribution in [1.82, 2.24) is 4.90 Å². The van der Waals surface area contributed by atoms with Gasteiger partial charge in [-0.2, -0.15) is 0 Å². The van der Waals surface area contributed by atoms with Gasteiger partial charge in [0.2, 0.25) is 0 Å². The van der Waals surface area contributed by atoms with Crippen molar-refractivity contribution in [2.45, 2.75) is 12.5 Å². The molecule has 1 aliphatic heterocycles. The van der Waals surface area contributed by atoms with Gasteiger partial charge in [-0.05, 0) is 24.0 Å². The van der Waals surface area contributed by atoms with E-state index in [1.54, 1.807) is 17.0 Å². The Bertz CT molecular complexity index is 406. The normalized spacial score (nSPS) is 19.5. The maximum Gasteiger partial charge on any atom is 0.488 e. The number of likely N-dealkylation sites (tertiary alicyclic amines) is 1. The summed E-state index contributed by atoms with van der Waals surface area (Å²) in [5.74, 6) is -0.138. The number of hydrogen-bond acceptors (Lipinski definition) is 4. The lowest BCUT2D eigenvalue weighted by Gasteiger charge is -2.15. The molecule has 1 atom stereocenters. The van der Waals surface area contributed by atoms with E-state index in [1.165, 1.54) is 12.1 Å². The molecule has 17 heavy (non-hydrogen) atoms. The number of aliphatic hydroxyl groups is 1. The minimum atomic E-state index is -1.52. The van der Waals surface area contributed by atoms with E-state index in [-0.39, 0.29) is 5.91 Å². The minimum Gasteiger partial charge on any atom is -0.423 e. The Morgan fingerprint density at radius 2 is 1.94 bits per heavy atom. The first-order valence-corrected chi connectivity index (χ1v) is 5.51. The first-order valence-electron chi connectivity index (χ1n) is 5.51. The zero-order valence-electron chi connectivity index (χ0n) is 9.28. The molecule has 1 fully saturated rings. The molecule has 0 bridgehead atoms. The number of rotatable bonds is 2. The van der Waals surface area contributed by atoms with Crippen molar-refractivity contribution < 1.29 is 19.9 Å². The van der Waals surface area contributed by atoms with E-state index in [0.29, 0.717) is 30.5 Å². The predicted octanol–water partition coefficient (Wildman–Crippen LogP) is -1.43. The second-order valence-electron chi connectivity index (χ2n) is 4.19. The molecular weight excluding hydrogens is 221 g/mol. The molecule has 5 nitrogen and oxygen atoms in total. The van der Waals surface area contributed by atoms with Crippen LogP contribution in [0.2, 0.25) is 0 Å².